The lowest BCUT2D eigenvalue weighted by atomic mass is 10.0. The molecule has 6 rings (SSSR count). The fraction of sp³-hybridized carbons (Fsp3) is 0.0370. The molecule has 0 atom stereocenters. The van der Waals surface area contributed by atoms with Crippen molar-refractivity contribution in [2.75, 3.05) is 12.4 Å². The second kappa shape index (κ2) is 8.83. The van der Waals surface area contributed by atoms with Gasteiger partial charge in [0.15, 0.2) is 17.3 Å². The van der Waals surface area contributed by atoms with Crippen molar-refractivity contribution < 1.29 is 13.5 Å². The zero-order valence-corrected chi connectivity index (χ0v) is 19.4. The smallest absolute Gasteiger partial charge is 0.267 e. The first-order chi connectivity index (χ1) is 18.0. The molecule has 0 aliphatic heterocycles. The first-order valence-electron chi connectivity index (χ1n) is 11.2. The van der Waals surface area contributed by atoms with Crippen LogP contribution in [0.15, 0.2) is 83.9 Å². The van der Waals surface area contributed by atoms with Crippen molar-refractivity contribution in [1.82, 2.24) is 24.7 Å². The van der Waals surface area contributed by atoms with Crippen LogP contribution in [0.2, 0.25) is 0 Å². The van der Waals surface area contributed by atoms with Crippen LogP contribution in [0.4, 0.5) is 20.4 Å². The molecule has 2 N–H and O–H groups in total. The molecule has 0 aliphatic rings. The second-order valence-electron chi connectivity index (χ2n) is 8.26. The van der Waals surface area contributed by atoms with Crippen LogP contribution < -0.4 is 15.6 Å². The summed E-state index contributed by atoms with van der Waals surface area (Å²) in [5.41, 5.74) is 2.83. The molecule has 37 heavy (non-hydrogen) atoms. The molecule has 0 amide bonds. The molecule has 6 aromatic rings. The molecule has 182 valence electrons. The van der Waals surface area contributed by atoms with Crippen molar-refractivity contribution in [3.63, 3.8) is 0 Å². The van der Waals surface area contributed by atoms with Gasteiger partial charge in [-0.2, -0.15) is 10.1 Å². The highest BCUT2D eigenvalue weighted by Gasteiger charge is 2.17. The molecular weight excluding hydrogens is 478 g/mol. The van der Waals surface area contributed by atoms with Gasteiger partial charge < -0.3 is 10.1 Å². The Balaban J connectivity index is 1.53. The number of hydrogen-bond acceptors (Lipinski definition) is 6. The highest BCUT2D eigenvalue weighted by Crippen LogP contribution is 2.27. The number of aromatic amines is 1. The van der Waals surface area contributed by atoms with Gasteiger partial charge in [-0.1, -0.05) is 18.2 Å². The summed E-state index contributed by atoms with van der Waals surface area (Å²) in [4.78, 5) is 22.7. The summed E-state index contributed by atoms with van der Waals surface area (Å²) in [7, 11) is 1.59. The van der Waals surface area contributed by atoms with E-state index in [1.807, 2.05) is 12.1 Å². The van der Waals surface area contributed by atoms with E-state index in [2.05, 4.69) is 25.5 Å². The summed E-state index contributed by atoms with van der Waals surface area (Å²) >= 11 is 0. The van der Waals surface area contributed by atoms with Crippen molar-refractivity contribution in [3.05, 3.63) is 101 Å². The standard InChI is InChI=1S/C27H18F2N6O2/c1-37-19-8-6-17(7-9-19)32-27-30-13-20-24-21(14-31-34-24)26(36)35(25(20)33-27)18-4-2-3-15(11-18)16-5-10-22(28)23(29)12-16/h2-14H,1H3,(H,31,34)(H,30,32,33). The predicted molar refractivity (Wildman–Crippen MR) is 136 cm³/mol. The topological polar surface area (TPSA) is 97.7 Å². The number of nitrogens with one attached hydrogen (secondary N) is 2. The Morgan fingerprint density at radius 3 is 2.51 bits per heavy atom. The molecule has 3 aromatic heterocycles. The van der Waals surface area contributed by atoms with E-state index in [1.165, 1.54) is 16.8 Å². The Hall–Kier alpha value is -5.12. The van der Waals surface area contributed by atoms with E-state index in [0.717, 1.165) is 17.8 Å². The minimum absolute atomic E-state index is 0.279. The summed E-state index contributed by atoms with van der Waals surface area (Å²) < 4.78 is 34.0. The van der Waals surface area contributed by atoms with Crippen molar-refractivity contribution in [1.29, 1.82) is 0 Å². The Morgan fingerprint density at radius 1 is 0.919 bits per heavy atom. The van der Waals surface area contributed by atoms with E-state index in [4.69, 9.17) is 4.74 Å². The number of hydrogen-bond donors (Lipinski definition) is 2. The molecule has 3 aromatic carbocycles. The molecule has 0 radical (unpaired) electrons. The molecule has 0 saturated heterocycles. The molecule has 0 saturated carbocycles. The highest BCUT2D eigenvalue weighted by molar-refractivity contribution is 6.02. The van der Waals surface area contributed by atoms with Crippen LogP contribution in [0.1, 0.15) is 0 Å². The summed E-state index contributed by atoms with van der Waals surface area (Å²) in [6.45, 7) is 0. The SMILES string of the molecule is COc1ccc(Nc2ncc3c4[nH]ncc4c(=O)n(-c4cccc(-c5ccc(F)c(F)c5)c4)c3n2)cc1. The molecule has 0 fully saturated rings. The molecule has 0 spiro atoms. The number of benzene rings is 3. The fourth-order valence-electron chi connectivity index (χ4n) is 4.19. The quantitative estimate of drug-likeness (QED) is 0.334. The molecule has 3 heterocycles. The maximum absolute atomic E-state index is 13.9. The third kappa shape index (κ3) is 3.94. The zero-order chi connectivity index (χ0) is 25.5. The van der Waals surface area contributed by atoms with Crippen molar-refractivity contribution in [3.8, 4) is 22.6 Å². The van der Waals surface area contributed by atoms with Crippen LogP contribution in [0.3, 0.4) is 0 Å². The van der Waals surface area contributed by atoms with Gasteiger partial charge in [0.1, 0.15) is 5.75 Å². The summed E-state index contributed by atoms with van der Waals surface area (Å²) in [5.74, 6) is -0.892. The number of ether oxygens (including phenoxy) is 1. The van der Waals surface area contributed by atoms with Crippen LogP contribution in [0, 0.1) is 11.6 Å². The van der Waals surface area contributed by atoms with Crippen LogP contribution in [0.25, 0.3) is 38.8 Å². The van der Waals surface area contributed by atoms with Gasteiger partial charge in [0, 0.05) is 11.9 Å². The lowest BCUT2D eigenvalue weighted by molar-refractivity contribution is 0.415. The van der Waals surface area contributed by atoms with Gasteiger partial charge >= 0.3 is 0 Å². The fourth-order valence-corrected chi connectivity index (χ4v) is 4.19. The van der Waals surface area contributed by atoms with E-state index in [0.29, 0.717) is 44.5 Å². The van der Waals surface area contributed by atoms with Crippen LogP contribution in [-0.2, 0) is 0 Å². The number of rotatable bonds is 5. The van der Waals surface area contributed by atoms with Gasteiger partial charge in [-0.25, -0.2) is 13.8 Å². The Morgan fingerprint density at radius 2 is 1.73 bits per heavy atom. The second-order valence-corrected chi connectivity index (χ2v) is 8.26. The van der Waals surface area contributed by atoms with Crippen molar-refractivity contribution >= 4 is 33.6 Å². The van der Waals surface area contributed by atoms with Gasteiger partial charge in [-0.15, -0.1) is 0 Å². The first kappa shape index (κ1) is 22.4. The number of methoxy groups -OCH3 is 1. The molecular formula is C27H18F2N6O2. The Kier molecular flexibility index (Phi) is 5.33. The number of fused-ring (bicyclic) bond motifs is 3. The van der Waals surface area contributed by atoms with Gasteiger partial charge in [-0.05, 0) is 59.7 Å². The maximum Gasteiger partial charge on any atom is 0.267 e. The lowest BCUT2D eigenvalue weighted by Gasteiger charge is -2.13. The molecule has 0 bridgehead atoms. The molecule has 10 heteroatoms. The van der Waals surface area contributed by atoms with E-state index in [1.54, 1.807) is 49.7 Å². The summed E-state index contributed by atoms with van der Waals surface area (Å²) in [6.07, 6.45) is 3.07. The monoisotopic (exact) mass is 496 g/mol. The summed E-state index contributed by atoms with van der Waals surface area (Å²) in [5, 5.41) is 11.0. The maximum atomic E-state index is 13.9. The Bertz CT molecular complexity index is 1850. The van der Waals surface area contributed by atoms with Crippen molar-refractivity contribution in [2.45, 2.75) is 0 Å². The number of H-pyrrole nitrogens is 1. The van der Waals surface area contributed by atoms with Crippen LogP contribution in [0.5, 0.6) is 5.75 Å². The summed E-state index contributed by atoms with van der Waals surface area (Å²) in [6, 6.07) is 17.9. The molecule has 0 unspecified atom stereocenters. The third-order valence-electron chi connectivity index (χ3n) is 6.03. The minimum Gasteiger partial charge on any atom is -0.497 e. The number of pyridine rings is 1. The zero-order valence-electron chi connectivity index (χ0n) is 19.4. The lowest BCUT2D eigenvalue weighted by Crippen LogP contribution is -2.20. The van der Waals surface area contributed by atoms with Gasteiger partial charge in [-0.3, -0.25) is 14.5 Å². The largest absolute Gasteiger partial charge is 0.497 e. The normalized spacial score (nSPS) is 11.2. The third-order valence-corrected chi connectivity index (χ3v) is 6.03. The highest BCUT2D eigenvalue weighted by atomic mass is 19.2. The van der Waals surface area contributed by atoms with Crippen LogP contribution >= 0.6 is 0 Å². The molecule has 0 aliphatic carbocycles. The number of nitrogens with zero attached hydrogens (tertiary/aromatic N) is 4. The van der Waals surface area contributed by atoms with Gasteiger partial charge in [0.25, 0.3) is 5.56 Å². The Labute approximate surface area is 208 Å². The van der Waals surface area contributed by atoms with Crippen molar-refractivity contribution in [2.24, 2.45) is 0 Å². The predicted octanol–water partition coefficient (Wildman–Crippen LogP) is 5.35. The average molecular weight is 496 g/mol. The van der Waals surface area contributed by atoms with E-state index in [9.17, 15) is 13.6 Å². The molecule has 8 nitrogen and oxygen atoms in total. The number of aromatic nitrogens is 5. The first-order valence-corrected chi connectivity index (χ1v) is 11.2. The van der Waals surface area contributed by atoms with Crippen LogP contribution in [-0.4, -0.2) is 31.8 Å². The minimum atomic E-state index is -0.952. The van der Waals surface area contributed by atoms with E-state index in [-0.39, 0.29) is 11.5 Å². The van der Waals surface area contributed by atoms with E-state index >= 15 is 0 Å². The van der Waals surface area contributed by atoms with Gasteiger partial charge in [0.2, 0.25) is 5.95 Å². The van der Waals surface area contributed by atoms with E-state index < -0.39 is 11.6 Å². The number of halogens is 2. The van der Waals surface area contributed by atoms with Gasteiger partial charge in [0.05, 0.1) is 35.3 Å². The number of anilines is 2. The average Bonchev–Trinajstić information content (AvgIpc) is 3.42.